The molecule has 2 aromatic rings. The first-order valence-corrected chi connectivity index (χ1v) is 6.02. The molecular weight excluding hydrogens is 250 g/mol. The summed E-state index contributed by atoms with van der Waals surface area (Å²) in [5.74, 6) is -0.266. The molecule has 0 aliphatic rings. The van der Waals surface area contributed by atoms with E-state index in [2.05, 4.69) is 10.3 Å². The predicted molar refractivity (Wildman–Crippen MR) is 69.4 cm³/mol. The van der Waals surface area contributed by atoms with E-state index >= 15 is 0 Å². The van der Waals surface area contributed by atoms with Crippen molar-refractivity contribution in [3.63, 3.8) is 0 Å². The van der Waals surface area contributed by atoms with Gasteiger partial charge in [0.2, 0.25) is 0 Å². The number of anilines is 1. The third-order valence-corrected chi connectivity index (χ3v) is 2.41. The van der Waals surface area contributed by atoms with E-state index in [1.54, 1.807) is 18.3 Å². The highest BCUT2D eigenvalue weighted by molar-refractivity contribution is 5.42. The third kappa shape index (κ3) is 3.64. The Hall–Kier alpha value is -2.17. The minimum atomic E-state index is -0.610. The van der Waals surface area contributed by atoms with Crippen molar-refractivity contribution in [3.05, 3.63) is 48.2 Å². The lowest BCUT2D eigenvalue weighted by Crippen LogP contribution is -2.01. The zero-order valence-corrected chi connectivity index (χ0v) is 10.5. The first kappa shape index (κ1) is 13.3. The lowest BCUT2D eigenvalue weighted by Gasteiger charge is -2.09. The van der Waals surface area contributed by atoms with Gasteiger partial charge < -0.3 is 10.1 Å². The monoisotopic (exact) mass is 264 g/mol. The maximum atomic E-state index is 13.4. The van der Waals surface area contributed by atoms with E-state index in [9.17, 15) is 8.78 Å². The van der Waals surface area contributed by atoms with Gasteiger partial charge in [-0.25, -0.2) is 13.8 Å². The van der Waals surface area contributed by atoms with Crippen LogP contribution in [0.1, 0.15) is 13.3 Å². The smallest absolute Gasteiger partial charge is 0.165 e. The zero-order valence-electron chi connectivity index (χ0n) is 10.5. The molecular formula is C14H14F2N2O. The molecule has 0 saturated heterocycles. The summed E-state index contributed by atoms with van der Waals surface area (Å²) in [6.07, 6.45) is 2.51. The van der Waals surface area contributed by atoms with Gasteiger partial charge in [-0.2, -0.15) is 0 Å². The Kier molecular flexibility index (Phi) is 4.28. The first-order valence-electron chi connectivity index (χ1n) is 6.02. The molecule has 0 atom stereocenters. The summed E-state index contributed by atoms with van der Waals surface area (Å²) < 4.78 is 31.8. The van der Waals surface area contributed by atoms with Crippen LogP contribution < -0.4 is 10.1 Å². The second-order valence-electron chi connectivity index (χ2n) is 3.98. The van der Waals surface area contributed by atoms with Crippen LogP contribution in [-0.4, -0.2) is 11.5 Å². The third-order valence-electron chi connectivity index (χ3n) is 2.41. The van der Waals surface area contributed by atoms with E-state index in [0.29, 0.717) is 11.6 Å². The molecule has 19 heavy (non-hydrogen) atoms. The van der Waals surface area contributed by atoms with Crippen molar-refractivity contribution in [1.29, 1.82) is 0 Å². The minimum absolute atomic E-state index is 0.146. The molecule has 3 nitrogen and oxygen atoms in total. The number of benzene rings is 1. The SMILES string of the molecule is CCCNc1cc(Oc2cc(F)ccc2F)ccn1. The Morgan fingerprint density at radius 1 is 1.21 bits per heavy atom. The number of ether oxygens (including phenoxy) is 1. The fourth-order valence-electron chi connectivity index (χ4n) is 1.51. The van der Waals surface area contributed by atoms with Crippen LogP contribution in [0.5, 0.6) is 11.5 Å². The molecule has 0 saturated carbocycles. The van der Waals surface area contributed by atoms with E-state index < -0.39 is 11.6 Å². The number of halogens is 2. The van der Waals surface area contributed by atoms with Gasteiger partial charge in [0, 0.05) is 24.9 Å². The van der Waals surface area contributed by atoms with Gasteiger partial charge in [0.15, 0.2) is 11.6 Å². The molecule has 0 aliphatic carbocycles. The minimum Gasteiger partial charge on any atom is -0.454 e. The lowest BCUT2D eigenvalue weighted by atomic mass is 10.3. The van der Waals surface area contributed by atoms with Crippen molar-refractivity contribution in [2.45, 2.75) is 13.3 Å². The van der Waals surface area contributed by atoms with Gasteiger partial charge in [-0.15, -0.1) is 0 Å². The average molecular weight is 264 g/mol. The molecule has 1 aromatic heterocycles. The van der Waals surface area contributed by atoms with Gasteiger partial charge in [-0.05, 0) is 24.6 Å². The fourth-order valence-corrected chi connectivity index (χ4v) is 1.51. The maximum absolute atomic E-state index is 13.4. The molecule has 0 unspecified atom stereocenters. The van der Waals surface area contributed by atoms with Crippen molar-refractivity contribution in [2.75, 3.05) is 11.9 Å². The van der Waals surface area contributed by atoms with E-state index in [1.165, 1.54) is 0 Å². The number of hydrogen-bond acceptors (Lipinski definition) is 3. The van der Waals surface area contributed by atoms with Crippen molar-refractivity contribution in [2.24, 2.45) is 0 Å². The van der Waals surface area contributed by atoms with Crippen LogP contribution in [0.2, 0.25) is 0 Å². The second-order valence-corrected chi connectivity index (χ2v) is 3.98. The number of rotatable bonds is 5. The lowest BCUT2D eigenvalue weighted by molar-refractivity contribution is 0.436. The predicted octanol–water partition coefficient (Wildman–Crippen LogP) is 3.97. The molecule has 5 heteroatoms. The van der Waals surface area contributed by atoms with Crippen LogP contribution in [0.3, 0.4) is 0 Å². The largest absolute Gasteiger partial charge is 0.454 e. The number of aromatic nitrogens is 1. The topological polar surface area (TPSA) is 34.1 Å². The Morgan fingerprint density at radius 3 is 2.84 bits per heavy atom. The van der Waals surface area contributed by atoms with E-state index in [-0.39, 0.29) is 5.75 Å². The number of nitrogens with zero attached hydrogens (tertiary/aromatic N) is 1. The summed E-state index contributed by atoms with van der Waals surface area (Å²) in [5.41, 5.74) is 0. The van der Waals surface area contributed by atoms with Gasteiger partial charge in [0.1, 0.15) is 17.4 Å². The maximum Gasteiger partial charge on any atom is 0.165 e. The second kappa shape index (κ2) is 6.13. The Balaban J connectivity index is 2.16. The van der Waals surface area contributed by atoms with Gasteiger partial charge in [-0.1, -0.05) is 6.92 Å². The quantitative estimate of drug-likeness (QED) is 0.887. The molecule has 0 aliphatic heterocycles. The molecule has 0 amide bonds. The summed E-state index contributed by atoms with van der Waals surface area (Å²) in [5, 5.41) is 3.09. The van der Waals surface area contributed by atoms with Crippen LogP contribution in [0.25, 0.3) is 0 Å². The van der Waals surface area contributed by atoms with Crippen LogP contribution in [0, 0.1) is 11.6 Å². The highest BCUT2D eigenvalue weighted by Crippen LogP contribution is 2.26. The molecule has 2 rings (SSSR count). The van der Waals surface area contributed by atoms with Gasteiger partial charge in [0.25, 0.3) is 0 Å². The summed E-state index contributed by atoms with van der Waals surface area (Å²) >= 11 is 0. The average Bonchev–Trinajstić information content (AvgIpc) is 2.41. The van der Waals surface area contributed by atoms with Gasteiger partial charge in [-0.3, -0.25) is 0 Å². The van der Waals surface area contributed by atoms with E-state index in [4.69, 9.17) is 4.74 Å². The zero-order chi connectivity index (χ0) is 13.7. The standard InChI is InChI=1S/C14H14F2N2O/c1-2-6-17-14-9-11(5-7-18-14)19-13-8-10(15)3-4-12(13)16/h3-5,7-9H,2,6H2,1H3,(H,17,18). The van der Waals surface area contributed by atoms with E-state index in [1.807, 2.05) is 6.92 Å². The van der Waals surface area contributed by atoms with Gasteiger partial charge in [0.05, 0.1) is 0 Å². The molecule has 0 spiro atoms. The van der Waals surface area contributed by atoms with Crippen molar-refractivity contribution < 1.29 is 13.5 Å². The molecule has 100 valence electrons. The highest BCUT2D eigenvalue weighted by Gasteiger charge is 2.07. The van der Waals surface area contributed by atoms with E-state index in [0.717, 1.165) is 31.2 Å². The van der Waals surface area contributed by atoms with Crippen LogP contribution >= 0.6 is 0 Å². The highest BCUT2D eigenvalue weighted by atomic mass is 19.1. The number of pyridine rings is 1. The molecule has 1 N–H and O–H groups in total. The molecule has 1 aromatic carbocycles. The summed E-state index contributed by atoms with van der Waals surface area (Å²) in [6, 6.07) is 6.31. The van der Waals surface area contributed by atoms with Crippen LogP contribution in [0.15, 0.2) is 36.5 Å². The van der Waals surface area contributed by atoms with Crippen LogP contribution in [0.4, 0.5) is 14.6 Å². The summed E-state index contributed by atoms with van der Waals surface area (Å²) in [7, 11) is 0. The van der Waals surface area contributed by atoms with Crippen LogP contribution in [-0.2, 0) is 0 Å². The molecule has 1 heterocycles. The fraction of sp³-hybridized carbons (Fsp3) is 0.214. The molecule has 0 fully saturated rings. The van der Waals surface area contributed by atoms with Crippen molar-refractivity contribution >= 4 is 5.82 Å². The van der Waals surface area contributed by atoms with Crippen molar-refractivity contribution in [1.82, 2.24) is 4.98 Å². The Morgan fingerprint density at radius 2 is 2.05 bits per heavy atom. The van der Waals surface area contributed by atoms with Crippen molar-refractivity contribution in [3.8, 4) is 11.5 Å². The summed E-state index contributed by atoms with van der Waals surface area (Å²) in [6.45, 7) is 2.82. The molecule has 0 bridgehead atoms. The Labute approximate surface area is 110 Å². The number of nitrogens with one attached hydrogen (secondary N) is 1. The normalized spacial score (nSPS) is 10.3. The summed E-state index contributed by atoms with van der Waals surface area (Å²) in [4.78, 5) is 4.10. The first-order chi connectivity index (χ1) is 9.19. The van der Waals surface area contributed by atoms with Gasteiger partial charge >= 0.3 is 0 Å². The number of hydrogen-bond donors (Lipinski definition) is 1. The Bertz CT molecular complexity index is 561. The molecule has 0 radical (unpaired) electrons.